The van der Waals surface area contributed by atoms with Gasteiger partial charge in [-0.05, 0) is 63.5 Å². The second kappa shape index (κ2) is 8.80. The Morgan fingerprint density at radius 2 is 1.86 bits per heavy atom. The van der Waals surface area contributed by atoms with Gasteiger partial charge in [-0.15, -0.1) is 0 Å². The maximum atomic E-state index is 12.3. The average Bonchev–Trinajstić information content (AvgIpc) is 3.28. The SMILES string of the molecule is Cc1ncc(-c2ccccn2)c(C2CCC(CNC(=O)C3CCCC3)CC2)n1. The third-order valence-electron chi connectivity index (χ3n) is 6.40. The number of nitrogens with zero attached hydrogens (tertiary/aromatic N) is 3. The van der Waals surface area contributed by atoms with Crippen molar-refractivity contribution < 1.29 is 4.79 Å². The van der Waals surface area contributed by atoms with E-state index in [0.717, 1.165) is 67.8 Å². The van der Waals surface area contributed by atoms with Gasteiger partial charge in [-0.25, -0.2) is 9.97 Å². The summed E-state index contributed by atoms with van der Waals surface area (Å²) >= 11 is 0. The fourth-order valence-electron chi connectivity index (χ4n) is 4.74. The summed E-state index contributed by atoms with van der Waals surface area (Å²) in [5.74, 6) is 2.40. The maximum absolute atomic E-state index is 12.3. The van der Waals surface area contributed by atoms with Crippen molar-refractivity contribution in [2.45, 2.75) is 64.2 Å². The summed E-state index contributed by atoms with van der Waals surface area (Å²) in [5.41, 5.74) is 3.15. The Balaban J connectivity index is 1.37. The van der Waals surface area contributed by atoms with Gasteiger partial charge in [0.25, 0.3) is 0 Å². The van der Waals surface area contributed by atoms with Crippen LogP contribution in [0.25, 0.3) is 11.3 Å². The number of rotatable bonds is 5. The number of carbonyl (C=O) groups is 1. The molecule has 0 atom stereocenters. The van der Waals surface area contributed by atoms with Crippen molar-refractivity contribution in [2.24, 2.45) is 11.8 Å². The third kappa shape index (κ3) is 4.40. The Morgan fingerprint density at radius 1 is 1.07 bits per heavy atom. The molecule has 2 heterocycles. The third-order valence-corrected chi connectivity index (χ3v) is 6.40. The molecule has 28 heavy (non-hydrogen) atoms. The molecule has 0 aliphatic heterocycles. The first-order chi connectivity index (χ1) is 13.7. The number of amides is 1. The van der Waals surface area contributed by atoms with Crippen LogP contribution < -0.4 is 5.32 Å². The van der Waals surface area contributed by atoms with Crippen LogP contribution in [0.5, 0.6) is 0 Å². The molecule has 0 saturated heterocycles. The molecule has 0 unspecified atom stereocenters. The maximum Gasteiger partial charge on any atom is 0.223 e. The summed E-state index contributed by atoms with van der Waals surface area (Å²) in [6, 6.07) is 5.97. The van der Waals surface area contributed by atoms with E-state index in [4.69, 9.17) is 4.98 Å². The molecule has 2 aliphatic carbocycles. The van der Waals surface area contributed by atoms with Gasteiger partial charge in [0.05, 0.1) is 11.4 Å². The molecule has 4 rings (SSSR count). The van der Waals surface area contributed by atoms with E-state index in [2.05, 4.69) is 15.3 Å². The van der Waals surface area contributed by atoms with Gasteiger partial charge in [0, 0.05) is 36.3 Å². The quantitative estimate of drug-likeness (QED) is 0.836. The van der Waals surface area contributed by atoms with Crippen LogP contribution in [0.1, 0.15) is 68.8 Å². The number of pyridine rings is 1. The van der Waals surface area contributed by atoms with Crippen LogP contribution in [0.4, 0.5) is 0 Å². The number of nitrogens with one attached hydrogen (secondary N) is 1. The zero-order valence-corrected chi connectivity index (χ0v) is 16.7. The molecule has 1 amide bonds. The molecule has 2 fully saturated rings. The van der Waals surface area contributed by atoms with Gasteiger partial charge in [0.15, 0.2) is 0 Å². The highest BCUT2D eigenvalue weighted by Gasteiger charge is 2.28. The highest BCUT2D eigenvalue weighted by molar-refractivity contribution is 5.78. The van der Waals surface area contributed by atoms with E-state index in [-0.39, 0.29) is 11.8 Å². The van der Waals surface area contributed by atoms with E-state index < -0.39 is 0 Å². The van der Waals surface area contributed by atoms with Gasteiger partial charge in [0.2, 0.25) is 5.91 Å². The van der Waals surface area contributed by atoms with E-state index in [1.54, 1.807) is 0 Å². The highest BCUT2D eigenvalue weighted by atomic mass is 16.1. The summed E-state index contributed by atoms with van der Waals surface area (Å²) < 4.78 is 0. The standard InChI is InChI=1S/C23H30N4O/c1-16-25-15-20(21-8-4-5-13-24-21)22(27-16)18-11-9-17(10-12-18)14-26-23(28)19-6-2-3-7-19/h4-5,8,13,15,17-19H,2-3,6-7,9-12,14H2,1H3,(H,26,28). The Morgan fingerprint density at radius 3 is 2.57 bits per heavy atom. The molecule has 0 aromatic carbocycles. The molecule has 2 aromatic heterocycles. The van der Waals surface area contributed by atoms with Crippen molar-refractivity contribution in [3.8, 4) is 11.3 Å². The first kappa shape index (κ1) is 19.0. The molecule has 148 valence electrons. The van der Waals surface area contributed by atoms with E-state index in [0.29, 0.717) is 11.8 Å². The molecular formula is C23H30N4O. The highest BCUT2D eigenvalue weighted by Crippen LogP contribution is 2.38. The van der Waals surface area contributed by atoms with Crippen molar-refractivity contribution >= 4 is 5.91 Å². The van der Waals surface area contributed by atoms with Gasteiger partial charge in [-0.2, -0.15) is 0 Å². The van der Waals surface area contributed by atoms with Crippen molar-refractivity contribution in [3.63, 3.8) is 0 Å². The first-order valence-electron chi connectivity index (χ1n) is 10.7. The minimum Gasteiger partial charge on any atom is -0.356 e. The van der Waals surface area contributed by atoms with Crippen molar-refractivity contribution in [3.05, 3.63) is 42.1 Å². The second-order valence-corrected chi connectivity index (χ2v) is 8.38. The lowest BCUT2D eigenvalue weighted by Crippen LogP contribution is -2.34. The minimum absolute atomic E-state index is 0.265. The fraction of sp³-hybridized carbons (Fsp3) is 0.565. The number of hydrogen-bond donors (Lipinski definition) is 1. The number of aryl methyl sites for hydroxylation is 1. The van der Waals surface area contributed by atoms with Gasteiger partial charge in [-0.1, -0.05) is 18.9 Å². The minimum atomic E-state index is 0.265. The molecule has 1 N–H and O–H groups in total. The van der Waals surface area contributed by atoms with Gasteiger partial charge in [0.1, 0.15) is 5.82 Å². The van der Waals surface area contributed by atoms with E-state index >= 15 is 0 Å². The van der Waals surface area contributed by atoms with Crippen molar-refractivity contribution in [1.82, 2.24) is 20.3 Å². The second-order valence-electron chi connectivity index (χ2n) is 8.38. The zero-order valence-electron chi connectivity index (χ0n) is 16.7. The lowest BCUT2D eigenvalue weighted by atomic mass is 9.79. The first-order valence-corrected chi connectivity index (χ1v) is 10.7. The smallest absolute Gasteiger partial charge is 0.223 e. The summed E-state index contributed by atoms with van der Waals surface area (Å²) in [4.78, 5) is 26.0. The summed E-state index contributed by atoms with van der Waals surface area (Å²) in [7, 11) is 0. The van der Waals surface area contributed by atoms with Gasteiger partial charge >= 0.3 is 0 Å². The Labute approximate surface area is 167 Å². The van der Waals surface area contributed by atoms with Gasteiger partial charge < -0.3 is 5.32 Å². The Kier molecular flexibility index (Phi) is 5.98. The number of carbonyl (C=O) groups excluding carboxylic acids is 1. The van der Waals surface area contributed by atoms with Crippen molar-refractivity contribution in [2.75, 3.05) is 6.54 Å². The predicted octanol–water partition coefficient (Wildman–Crippen LogP) is 4.43. The zero-order chi connectivity index (χ0) is 19.3. The molecule has 2 aromatic rings. The lowest BCUT2D eigenvalue weighted by molar-refractivity contribution is -0.125. The van der Waals surface area contributed by atoms with Crippen LogP contribution in [0.2, 0.25) is 0 Å². The van der Waals surface area contributed by atoms with E-state index in [1.165, 1.54) is 12.8 Å². The largest absolute Gasteiger partial charge is 0.356 e. The molecule has 2 saturated carbocycles. The van der Waals surface area contributed by atoms with Crippen LogP contribution in [0.3, 0.4) is 0 Å². The van der Waals surface area contributed by atoms with Crippen LogP contribution in [-0.4, -0.2) is 27.4 Å². The topological polar surface area (TPSA) is 67.8 Å². The number of aromatic nitrogens is 3. The molecule has 5 nitrogen and oxygen atoms in total. The van der Waals surface area contributed by atoms with Crippen LogP contribution in [0.15, 0.2) is 30.6 Å². The molecule has 5 heteroatoms. The Hall–Kier alpha value is -2.30. The molecular weight excluding hydrogens is 348 g/mol. The van der Waals surface area contributed by atoms with Crippen LogP contribution in [0, 0.1) is 18.8 Å². The molecule has 2 aliphatic rings. The van der Waals surface area contributed by atoms with Crippen molar-refractivity contribution in [1.29, 1.82) is 0 Å². The lowest BCUT2D eigenvalue weighted by Gasteiger charge is -2.29. The summed E-state index contributed by atoms with van der Waals surface area (Å²) in [6.07, 6.45) is 12.8. The molecule has 0 bridgehead atoms. The monoisotopic (exact) mass is 378 g/mol. The predicted molar refractivity (Wildman–Crippen MR) is 110 cm³/mol. The average molecular weight is 379 g/mol. The molecule has 0 radical (unpaired) electrons. The normalized spacial score (nSPS) is 22.9. The summed E-state index contributed by atoms with van der Waals surface area (Å²) in [6.45, 7) is 2.79. The molecule has 0 spiro atoms. The van der Waals surface area contributed by atoms with Gasteiger partial charge in [-0.3, -0.25) is 9.78 Å². The van der Waals surface area contributed by atoms with Crippen LogP contribution in [-0.2, 0) is 4.79 Å². The summed E-state index contributed by atoms with van der Waals surface area (Å²) in [5, 5.41) is 3.22. The Bertz CT molecular complexity index is 794. The number of hydrogen-bond acceptors (Lipinski definition) is 4. The van der Waals surface area contributed by atoms with Crippen LogP contribution >= 0.6 is 0 Å². The van der Waals surface area contributed by atoms with E-state index in [1.807, 2.05) is 37.5 Å². The van der Waals surface area contributed by atoms with E-state index in [9.17, 15) is 4.79 Å². The fourth-order valence-corrected chi connectivity index (χ4v) is 4.74.